The van der Waals surface area contributed by atoms with E-state index in [1.165, 1.54) is 30.3 Å². The van der Waals surface area contributed by atoms with E-state index < -0.39 is 11.9 Å². The molecule has 2 aromatic rings. The molecular formula is C20H23F2N3O2. The minimum Gasteiger partial charge on any atom is -0.354 e. The maximum Gasteiger partial charge on any atom is 0.238 e. The summed E-state index contributed by atoms with van der Waals surface area (Å²) in [7, 11) is 1.66. The average Bonchev–Trinajstić information content (AvgIpc) is 2.62. The Morgan fingerprint density at radius 2 is 1.78 bits per heavy atom. The van der Waals surface area contributed by atoms with Crippen molar-refractivity contribution in [1.29, 1.82) is 0 Å². The summed E-state index contributed by atoms with van der Waals surface area (Å²) >= 11 is 0. The number of nitrogens with zero attached hydrogens (tertiary/aromatic N) is 1. The Morgan fingerprint density at radius 1 is 1.07 bits per heavy atom. The van der Waals surface area contributed by atoms with Crippen molar-refractivity contribution in [2.75, 3.05) is 25.5 Å². The predicted molar refractivity (Wildman–Crippen MR) is 100 cm³/mol. The van der Waals surface area contributed by atoms with E-state index in [0.717, 1.165) is 5.56 Å². The van der Waals surface area contributed by atoms with Crippen LogP contribution < -0.4 is 10.6 Å². The summed E-state index contributed by atoms with van der Waals surface area (Å²) in [5.74, 6) is -1.28. The molecule has 0 spiro atoms. The first-order valence-corrected chi connectivity index (χ1v) is 8.63. The van der Waals surface area contributed by atoms with Gasteiger partial charge in [0.15, 0.2) is 0 Å². The monoisotopic (exact) mass is 375 g/mol. The van der Waals surface area contributed by atoms with Gasteiger partial charge in [0.25, 0.3) is 0 Å². The second-order valence-electron chi connectivity index (χ2n) is 6.32. The van der Waals surface area contributed by atoms with Crippen LogP contribution in [0, 0.1) is 11.6 Å². The molecule has 0 aliphatic rings. The number of amides is 2. The molecule has 0 bridgehead atoms. The van der Waals surface area contributed by atoms with Gasteiger partial charge in [0.2, 0.25) is 11.8 Å². The smallest absolute Gasteiger partial charge is 0.238 e. The molecule has 0 fully saturated rings. The topological polar surface area (TPSA) is 61.4 Å². The van der Waals surface area contributed by atoms with E-state index in [-0.39, 0.29) is 24.2 Å². The Kier molecular flexibility index (Phi) is 7.43. The number of carbonyl (C=O) groups is 2. The van der Waals surface area contributed by atoms with Gasteiger partial charge in [0.1, 0.15) is 11.6 Å². The Hall–Kier alpha value is -2.80. The zero-order valence-corrected chi connectivity index (χ0v) is 15.3. The number of rotatable bonds is 8. The summed E-state index contributed by atoms with van der Waals surface area (Å²) in [5.41, 5.74) is 1.29. The number of hydrogen-bond donors (Lipinski definition) is 2. The molecule has 0 radical (unpaired) electrons. The molecule has 0 aliphatic heterocycles. The standard InChI is InChI=1S/C20H23F2N3O2/c1-14(20(27)23-11-10-15-6-8-16(21)9-7-15)25(2)13-19(26)24-18-5-3-4-17(22)12-18/h3-9,12,14H,10-11,13H2,1-2H3,(H,23,27)(H,24,26)/t14-/m0/s1. The van der Waals surface area contributed by atoms with Gasteiger partial charge in [-0.15, -0.1) is 0 Å². The van der Waals surface area contributed by atoms with Crippen molar-refractivity contribution >= 4 is 17.5 Å². The molecule has 0 heterocycles. The summed E-state index contributed by atoms with van der Waals surface area (Å²) in [6.07, 6.45) is 0.586. The van der Waals surface area contributed by atoms with E-state index in [9.17, 15) is 18.4 Å². The van der Waals surface area contributed by atoms with E-state index in [1.54, 1.807) is 37.1 Å². The van der Waals surface area contributed by atoms with Gasteiger partial charge in [-0.25, -0.2) is 8.78 Å². The van der Waals surface area contributed by atoms with Crippen molar-refractivity contribution in [2.24, 2.45) is 0 Å². The predicted octanol–water partition coefficient (Wildman–Crippen LogP) is 2.58. The van der Waals surface area contributed by atoms with Gasteiger partial charge in [0, 0.05) is 12.2 Å². The molecule has 1 atom stereocenters. The Balaban J connectivity index is 1.75. The highest BCUT2D eigenvalue weighted by atomic mass is 19.1. The zero-order valence-electron chi connectivity index (χ0n) is 15.3. The molecule has 0 saturated heterocycles. The van der Waals surface area contributed by atoms with Crippen LogP contribution in [0.2, 0.25) is 0 Å². The lowest BCUT2D eigenvalue weighted by atomic mass is 10.1. The minimum absolute atomic E-state index is 0.0109. The largest absolute Gasteiger partial charge is 0.354 e. The van der Waals surface area contributed by atoms with Gasteiger partial charge in [0.05, 0.1) is 12.6 Å². The molecule has 0 aromatic heterocycles. The van der Waals surface area contributed by atoms with Crippen LogP contribution in [-0.2, 0) is 16.0 Å². The Morgan fingerprint density at radius 3 is 2.44 bits per heavy atom. The van der Waals surface area contributed by atoms with Gasteiger partial charge < -0.3 is 10.6 Å². The molecule has 2 rings (SSSR count). The van der Waals surface area contributed by atoms with E-state index in [4.69, 9.17) is 0 Å². The Labute approximate surface area is 157 Å². The highest BCUT2D eigenvalue weighted by Gasteiger charge is 2.19. The summed E-state index contributed by atoms with van der Waals surface area (Å²) in [4.78, 5) is 25.9. The molecule has 2 amide bonds. The third-order valence-corrected chi connectivity index (χ3v) is 4.17. The van der Waals surface area contributed by atoms with E-state index in [2.05, 4.69) is 10.6 Å². The quantitative estimate of drug-likeness (QED) is 0.746. The van der Waals surface area contributed by atoms with Gasteiger partial charge >= 0.3 is 0 Å². The number of hydrogen-bond acceptors (Lipinski definition) is 3. The fraction of sp³-hybridized carbons (Fsp3) is 0.300. The minimum atomic E-state index is -0.517. The molecule has 2 N–H and O–H groups in total. The molecule has 2 aromatic carbocycles. The van der Waals surface area contributed by atoms with Crippen molar-refractivity contribution in [3.05, 3.63) is 65.7 Å². The molecule has 0 saturated carbocycles. The SMILES string of the molecule is C[C@@H](C(=O)NCCc1ccc(F)cc1)N(C)CC(=O)Nc1cccc(F)c1. The molecule has 27 heavy (non-hydrogen) atoms. The molecule has 7 heteroatoms. The number of halogens is 2. The average molecular weight is 375 g/mol. The summed E-state index contributed by atoms with van der Waals surface area (Å²) < 4.78 is 26.0. The molecule has 5 nitrogen and oxygen atoms in total. The second-order valence-corrected chi connectivity index (χ2v) is 6.32. The third kappa shape index (κ3) is 6.79. The summed E-state index contributed by atoms with van der Waals surface area (Å²) in [6, 6.07) is 11.2. The van der Waals surface area contributed by atoms with Crippen LogP contribution in [0.15, 0.2) is 48.5 Å². The lowest BCUT2D eigenvalue weighted by Crippen LogP contribution is -2.46. The van der Waals surface area contributed by atoms with Crippen LogP contribution in [-0.4, -0.2) is 42.9 Å². The van der Waals surface area contributed by atoms with E-state index >= 15 is 0 Å². The van der Waals surface area contributed by atoms with Crippen molar-refractivity contribution in [3.63, 3.8) is 0 Å². The highest BCUT2D eigenvalue weighted by molar-refractivity contribution is 5.92. The normalized spacial score (nSPS) is 11.9. The van der Waals surface area contributed by atoms with Crippen molar-refractivity contribution < 1.29 is 18.4 Å². The number of nitrogens with one attached hydrogen (secondary N) is 2. The molecule has 0 aliphatic carbocycles. The second kappa shape index (κ2) is 9.78. The van der Waals surface area contributed by atoms with Crippen molar-refractivity contribution in [1.82, 2.24) is 10.2 Å². The van der Waals surface area contributed by atoms with Gasteiger partial charge in [-0.05, 0) is 56.3 Å². The van der Waals surface area contributed by atoms with Crippen LogP contribution in [0.1, 0.15) is 12.5 Å². The first-order valence-electron chi connectivity index (χ1n) is 8.63. The van der Waals surface area contributed by atoms with Crippen LogP contribution in [0.5, 0.6) is 0 Å². The fourth-order valence-electron chi connectivity index (χ4n) is 2.46. The number of carbonyl (C=O) groups excluding carboxylic acids is 2. The van der Waals surface area contributed by atoms with E-state index in [1.807, 2.05) is 0 Å². The lowest BCUT2D eigenvalue weighted by Gasteiger charge is -2.23. The van der Waals surface area contributed by atoms with Gasteiger partial charge in [-0.3, -0.25) is 14.5 Å². The fourth-order valence-corrected chi connectivity index (χ4v) is 2.46. The van der Waals surface area contributed by atoms with Crippen LogP contribution in [0.25, 0.3) is 0 Å². The van der Waals surface area contributed by atoms with Crippen LogP contribution in [0.4, 0.5) is 14.5 Å². The molecule has 0 unspecified atom stereocenters. The van der Waals surface area contributed by atoms with Gasteiger partial charge in [-0.1, -0.05) is 18.2 Å². The maximum atomic E-state index is 13.1. The summed E-state index contributed by atoms with van der Waals surface area (Å²) in [5, 5.41) is 5.39. The first-order chi connectivity index (χ1) is 12.8. The third-order valence-electron chi connectivity index (χ3n) is 4.17. The number of benzene rings is 2. The first kappa shape index (κ1) is 20.5. The van der Waals surface area contributed by atoms with Crippen molar-refractivity contribution in [2.45, 2.75) is 19.4 Å². The molecular weight excluding hydrogens is 352 g/mol. The van der Waals surface area contributed by atoms with Crippen LogP contribution in [0.3, 0.4) is 0 Å². The van der Waals surface area contributed by atoms with Crippen molar-refractivity contribution in [3.8, 4) is 0 Å². The summed E-state index contributed by atoms with van der Waals surface area (Å²) in [6.45, 7) is 2.10. The Bertz CT molecular complexity index is 781. The number of anilines is 1. The van der Waals surface area contributed by atoms with Crippen LogP contribution >= 0.6 is 0 Å². The maximum absolute atomic E-state index is 13.1. The number of likely N-dealkylation sites (N-methyl/N-ethyl adjacent to an activating group) is 1. The lowest BCUT2D eigenvalue weighted by molar-refractivity contribution is -0.126. The zero-order chi connectivity index (χ0) is 19.8. The van der Waals surface area contributed by atoms with E-state index in [0.29, 0.717) is 18.7 Å². The highest BCUT2D eigenvalue weighted by Crippen LogP contribution is 2.09. The molecule has 144 valence electrons. The van der Waals surface area contributed by atoms with Gasteiger partial charge in [-0.2, -0.15) is 0 Å².